The highest BCUT2D eigenvalue weighted by Gasteiger charge is 2.46. The van der Waals surface area contributed by atoms with Crippen LogP contribution in [-0.4, -0.2) is 47.7 Å². The minimum atomic E-state index is -0.215. The van der Waals surface area contributed by atoms with Crippen molar-refractivity contribution in [3.8, 4) is 17.6 Å². The van der Waals surface area contributed by atoms with Crippen LogP contribution in [0, 0.1) is 17.3 Å². The van der Waals surface area contributed by atoms with Crippen LogP contribution < -0.4 is 20.7 Å². The van der Waals surface area contributed by atoms with Gasteiger partial charge in [0, 0.05) is 31.7 Å². The van der Waals surface area contributed by atoms with Crippen LogP contribution in [0.5, 0.6) is 5.75 Å². The Hall–Kier alpha value is -3.93. The molecule has 1 aliphatic carbocycles. The minimum Gasteiger partial charge on any atom is -0.481 e. The average molecular weight is 498 g/mol. The zero-order valence-corrected chi connectivity index (χ0v) is 20.9. The maximum atomic E-state index is 11.8. The summed E-state index contributed by atoms with van der Waals surface area (Å²) in [7, 11) is 1.58. The van der Waals surface area contributed by atoms with Crippen LogP contribution in [0.2, 0.25) is 0 Å². The van der Waals surface area contributed by atoms with Gasteiger partial charge in [0.05, 0.1) is 12.8 Å². The Balaban J connectivity index is 1.21. The second kappa shape index (κ2) is 10.6. The number of anilines is 1. The van der Waals surface area contributed by atoms with E-state index >= 15 is 0 Å². The van der Waals surface area contributed by atoms with Gasteiger partial charge in [-0.25, -0.2) is 9.97 Å². The predicted molar refractivity (Wildman–Crippen MR) is 141 cm³/mol. The molecule has 1 atom stereocenters. The monoisotopic (exact) mass is 497 g/mol. The molecular formula is C29H31N5O3. The number of rotatable bonds is 5. The lowest BCUT2D eigenvalue weighted by Crippen LogP contribution is -2.45. The number of aliphatic hydroxyl groups is 1. The summed E-state index contributed by atoms with van der Waals surface area (Å²) in [4.78, 5) is 23.1. The SMILES string of the molecule is CNC(=O)c1cccc(OCC#Cc2cnc(N3CCC4(CC3)Cc3ccccc3[C@H]4N)c(CO)n2)c1. The van der Waals surface area contributed by atoms with Gasteiger partial charge in [-0.15, -0.1) is 0 Å². The highest BCUT2D eigenvalue weighted by Crippen LogP contribution is 2.50. The van der Waals surface area contributed by atoms with Crippen molar-refractivity contribution in [1.29, 1.82) is 0 Å². The number of aromatic nitrogens is 2. The van der Waals surface area contributed by atoms with E-state index in [1.807, 2.05) is 0 Å². The Bertz CT molecular complexity index is 1350. The summed E-state index contributed by atoms with van der Waals surface area (Å²) in [5.74, 6) is 6.96. The van der Waals surface area contributed by atoms with Gasteiger partial charge in [-0.3, -0.25) is 4.79 Å². The molecular weight excluding hydrogens is 466 g/mol. The van der Waals surface area contributed by atoms with Crippen molar-refractivity contribution in [1.82, 2.24) is 15.3 Å². The lowest BCUT2D eigenvalue weighted by Gasteiger charge is -2.42. The Morgan fingerprint density at radius 1 is 1.24 bits per heavy atom. The molecule has 1 saturated heterocycles. The largest absolute Gasteiger partial charge is 0.481 e. The van der Waals surface area contributed by atoms with Gasteiger partial charge in [-0.1, -0.05) is 36.3 Å². The molecule has 190 valence electrons. The van der Waals surface area contributed by atoms with Gasteiger partial charge >= 0.3 is 0 Å². The van der Waals surface area contributed by atoms with Crippen LogP contribution in [0.3, 0.4) is 0 Å². The number of hydrogen-bond acceptors (Lipinski definition) is 7. The summed E-state index contributed by atoms with van der Waals surface area (Å²) in [6.45, 7) is 1.55. The summed E-state index contributed by atoms with van der Waals surface area (Å²) >= 11 is 0. The number of fused-ring (bicyclic) bond motifs is 1. The molecule has 4 N–H and O–H groups in total. The maximum absolute atomic E-state index is 11.8. The number of piperidine rings is 1. The van der Waals surface area contributed by atoms with E-state index < -0.39 is 0 Å². The zero-order valence-electron chi connectivity index (χ0n) is 20.9. The Morgan fingerprint density at radius 2 is 2.05 bits per heavy atom. The number of nitrogens with zero attached hydrogens (tertiary/aromatic N) is 3. The van der Waals surface area contributed by atoms with Crippen LogP contribution in [0.1, 0.15) is 51.8 Å². The first-order valence-corrected chi connectivity index (χ1v) is 12.5. The van der Waals surface area contributed by atoms with Crippen LogP contribution >= 0.6 is 0 Å². The second-order valence-electron chi connectivity index (χ2n) is 9.58. The number of benzene rings is 2. The van der Waals surface area contributed by atoms with E-state index in [0.717, 1.165) is 32.4 Å². The summed E-state index contributed by atoms with van der Waals surface area (Å²) < 4.78 is 5.65. The first kappa shape index (κ1) is 24.8. The van der Waals surface area contributed by atoms with Gasteiger partial charge in [0.15, 0.2) is 5.82 Å². The first-order chi connectivity index (χ1) is 18.0. The molecule has 1 spiro atoms. The minimum absolute atomic E-state index is 0.0559. The van der Waals surface area contributed by atoms with Gasteiger partial charge in [-0.2, -0.15) is 0 Å². The molecule has 8 heteroatoms. The third kappa shape index (κ3) is 5.01. The van der Waals surface area contributed by atoms with Gasteiger partial charge in [0.1, 0.15) is 23.7 Å². The molecule has 3 aromatic rings. The van der Waals surface area contributed by atoms with Crippen molar-refractivity contribution in [3.63, 3.8) is 0 Å². The summed E-state index contributed by atoms with van der Waals surface area (Å²) in [6.07, 6.45) is 4.59. The number of ether oxygens (including phenoxy) is 1. The molecule has 1 aliphatic heterocycles. The zero-order chi connectivity index (χ0) is 25.8. The molecule has 1 aromatic heterocycles. The van der Waals surface area contributed by atoms with Crippen LogP contribution in [-0.2, 0) is 13.0 Å². The normalized spacial score (nSPS) is 17.6. The van der Waals surface area contributed by atoms with Crippen LogP contribution in [0.15, 0.2) is 54.7 Å². The number of aliphatic hydroxyl groups excluding tert-OH is 1. The molecule has 8 nitrogen and oxygen atoms in total. The fourth-order valence-electron chi connectivity index (χ4n) is 5.44. The lowest BCUT2D eigenvalue weighted by atomic mass is 9.73. The summed E-state index contributed by atoms with van der Waals surface area (Å²) in [6, 6.07) is 15.5. The van der Waals surface area contributed by atoms with Gasteiger partial charge in [0.25, 0.3) is 5.91 Å². The van der Waals surface area contributed by atoms with Crippen molar-refractivity contribution >= 4 is 11.7 Å². The molecule has 1 amide bonds. The molecule has 0 saturated carbocycles. The first-order valence-electron chi connectivity index (χ1n) is 12.5. The quantitative estimate of drug-likeness (QED) is 0.465. The fraction of sp³-hybridized carbons (Fsp3) is 0.345. The Labute approximate surface area is 216 Å². The Morgan fingerprint density at radius 3 is 2.81 bits per heavy atom. The van der Waals surface area contributed by atoms with Gasteiger partial charge < -0.3 is 25.8 Å². The molecule has 2 heterocycles. The van der Waals surface area contributed by atoms with Crippen molar-refractivity contribution in [2.45, 2.75) is 31.9 Å². The predicted octanol–water partition coefficient (Wildman–Crippen LogP) is 2.60. The van der Waals surface area contributed by atoms with E-state index in [4.69, 9.17) is 10.5 Å². The highest BCUT2D eigenvalue weighted by molar-refractivity contribution is 5.94. The third-order valence-corrected chi connectivity index (χ3v) is 7.47. The summed E-state index contributed by atoms with van der Waals surface area (Å²) in [5.41, 5.74) is 10.9. The van der Waals surface area contributed by atoms with E-state index in [0.29, 0.717) is 28.5 Å². The summed E-state index contributed by atoms with van der Waals surface area (Å²) in [5, 5.41) is 12.6. The molecule has 37 heavy (non-hydrogen) atoms. The molecule has 0 radical (unpaired) electrons. The van der Waals surface area contributed by atoms with Crippen molar-refractivity contribution in [3.05, 3.63) is 82.8 Å². The number of hydrogen-bond donors (Lipinski definition) is 3. The van der Waals surface area contributed by atoms with Crippen molar-refractivity contribution < 1.29 is 14.6 Å². The smallest absolute Gasteiger partial charge is 0.251 e. The third-order valence-electron chi connectivity index (χ3n) is 7.47. The van der Waals surface area contributed by atoms with E-state index in [2.05, 4.69) is 56.3 Å². The number of nitrogens with two attached hydrogens (primary N) is 1. The number of amides is 1. The van der Waals surface area contributed by atoms with Crippen LogP contribution in [0.4, 0.5) is 5.82 Å². The number of nitrogens with one attached hydrogen (secondary N) is 1. The number of carbonyl (C=O) groups excluding carboxylic acids is 1. The van der Waals surface area contributed by atoms with E-state index in [-0.39, 0.29) is 30.6 Å². The topological polar surface area (TPSA) is 114 Å². The second-order valence-corrected chi connectivity index (χ2v) is 9.58. The van der Waals surface area contributed by atoms with E-state index in [1.165, 1.54) is 11.1 Å². The molecule has 1 fully saturated rings. The standard InChI is InChI=1S/C29H31N5O3/c1-31-28(36)20-7-4-9-23(16-20)37-15-5-8-22-18-32-27(25(19-35)33-22)34-13-11-29(12-14-34)17-21-6-2-3-10-24(21)26(29)30/h2-4,6-7,9-10,16,18,26,35H,11-15,17,19,30H2,1H3,(H,31,36)/t26-/m1/s1. The molecule has 0 unspecified atom stereocenters. The van der Waals surface area contributed by atoms with Crippen molar-refractivity contribution in [2.24, 2.45) is 11.1 Å². The molecule has 5 rings (SSSR count). The van der Waals surface area contributed by atoms with E-state index in [1.54, 1.807) is 37.5 Å². The highest BCUT2D eigenvalue weighted by atomic mass is 16.5. The van der Waals surface area contributed by atoms with E-state index in [9.17, 15) is 9.90 Å². The average Bonchev–Trinajstić information content (AvgIpc) is 3.22. The molecule has 2 aliphatic rings. The fourth-order valence-corrected chi connectivity index (χ4v) is 5.44. The maximum Gasteiger partial charge on any atom is 0.251 e. The van der Waals surface area contributed by atoms with Crippen LogP contribution in [0.25, 0.3) is 0 Å². The van der Waals surface area contributed by atoms with Crippen molar-refractivity contribution in [2.75, 3.05) is 31.6 Å². The van der Waals surface area contributed by atoms with Gasteiger partial charge in [-0.05, 0) is 59.9 Å². The molecule has 2 aromatic carbocycles. The number of carbonyl (C=O) groups is 1. The van der Waals surface area contributed by atoms with Gasteiger partial charge in [0.2, 0.25) is 0 Å². The Kier molecular flexibility index (Phi) is 7.08. The molecule has 0 bridgehead atoms. The lowest BCUT2D eigenvalue weighted by molar-refractivity contribution is 0.0962.